The minimum absolute atomic E-state index is 0.120. The summed E-state index contributed by atoms with van der Waals surface area (Å²) in [5.41, 5.74) is 0.426. The van der Waals surface area contributed by atoms with Gasteiger partial charge in [0.25, 0.3) is 11.8 Å². The number of ether oxygens (including phenoxy) is 3. The summed E-state index contributed by atoms with van der Waals surface area (Å²) in [6, 6.07) is 11.7. The summed E-state index contributed by atoms with van der Waals surface area (Å²) >= 11 is 0. The Balaban J connectivity index is 1.85. The van der Waals surface area contributed by atoms with Crippen LogP contribution in [0.15, 0.2) is 36.4 Å². The second kappa shape index (κ2) is 10.2. The van der Waals surface area contributed by atoms with Crippen LogP contribution in [-0.2, 0) is 14.3 Å². The van der Waals surface area contributed by atoms with Crippen molar-refractivity contribution in [3.05, 3.63) is 42.0 Å². The highest BCUT2D eigenvalue weighted by atomic mass is 16.5. The number of nitrogens with zero attached hydrogens (tertiary/aromatic N) is 1. The maximum Gasteiger partial charge on any atom is 0.258 e. The van der Waals surface area contributed by atoms with Crippen LogP contribution in [0.1, 0.15) is 23.2 Å². The lowest BCUT2D eigenvalue weighted by atomic mass is 10.0. The monoisotopic (exact) mass is 400 g/mol. The third-order valence-electron chi connectivity index (χ3n) is 4.80. The molecule has 0 heterocycles. The van der Waals surface area contributed by atoms with Crippen LogP contribution in [0.4, 0.5) is 0 Å². The highest BCUT2D eigenvalue weighted by Crippen LogP contribution is 2.27. The predicted octanol–water partition coefficient (Wildman–Crippen LogP) is 2.23. The molecular weight excluding hydrogens is 372 g/mol. The number of rotatable bonds is 11. The molecule has 1 saturated carbocycles. The maximum absolute atomic E-state index is 13.3. The minimum atomic E-state index is -0.178. The molecule has 1 N–H and O–H groups in total. The van der Waals surface area contributed by atoms with Crippen LogP contribution in [0.25, 0.3) is 10.8 Å². The summed E-state index contributed by atoms with van der Waals surface area (Å²) < 4.78 is 16.1. The van der Waals surface area contributed by atoms with E-state index in [0.717, 1.165) is 23.6 Å². The first-order valence-electron chi connectivity index (χ1n) is 9.84. The number of methoxy groups -OCH3 is 2. The van der Waals surface area contributed by atoms with Gasteiger partial charge in [-0.1, -0.05) is 24.3 Å². The second-order valence-corrected chi connectivity index (χ2v) is 7.10. The lowest BCUT2D eigenvalue weighted by Gasteiger charge is -2.23. The molecule has 0 saturated heterocycles. The first kappa shape index (κ1) is 21.1. The Kier molecular flexibility index (Phi) is 7.43. The van der Waals surface area contributed by atoms with Crippen LogP contribution in [0.5, 0.6) is 5.75 Å². The molecule has 1 aliphatic carbocycles. The summed E-state index contributed by atoms with van der Waals surface area (Å²) in [7, 11) is 3.20. The van der Waals surface area contributed by atoms with Crippen molar-refractivity contribution in [3.8, 4) is 5.75 Å². The average Bonchev–Trinajstić information content (AvgIpc) is 3.55. The van der Waals surface area contributed by atoms with E-state index in [1.165, 1.54) is 0 Å². The molecule has 156 valence electrons. The van der Waals surface area contributed by atoms with Gasteiger partial charge >= 0.3 is 0 Å². The molecule has 1 fully saturated rings. The Morgan fingerprint density at radius 1 is 1.03 bits per heavy atom. The second-order valence-electron chi connectivity index (χ2n) is 7.10. The van der Waals surface area contributed by atoms with Crippen molar-refractivity contribution in [1.82, 2.24) is 10.2 Å². The van der Waals surface area contributed by atoms with Gasteiger partial charge in [-0.2, -0.15) is 0 Å². The van der Waals surface area contributed by atoms with Crippen LogP contribution in [0, 0.1) is 0 Å². The van der Waals surface area contributed by atoms with Crippen molar-refractivity contribution in [2.24, 2.45) is 0 Å². The van der Waals surface area contributed by atoms with E-state index in [0.29, 0.717) is 37.6 Å². The lowest BCUT2D eigenvalue weighted by Crippen LogP contribution is -2.37. The first-order valence-corrected chi connectivity index (χ1v) is 9.84. The zero-order valence-corrected chi connectivity index (χ0v) is 17.0. The summed E-state index contributed by atoms with van der Waals surface area (Å²) in [5.74, 6) is 0.0524. The quantitative estimate of drug-likeness (QED) is 0.626. The SMILES string of the molecule is COCCN(CCOC)C(=O)c1cc2ccccc2cc1OCC(=O)NC1CC1. The van der Waals surface area contributed by atoms with Crippen LogP contribution in [0.3, 0.4) is 0 Å². The van der Waals surface area contributed by atoms with Crippen molar-refractivity contribution in [3.63, 3.8) is 0 Å². The number of amides is 2. The highest BCUT2D eigenvalue weighted by Gasteiger charge is 2.24. The number of nitrogens with one attached hydrogen (secondary N) is 1. The van der Waals surface area contributed by atoms with Crippen LogP contribution < -0.4 is 10.1 Å². The number of hydrogen-bond acceptors (Lipinski definition) is 5. The molecule has 2 aromatic carbocycles. The Bertz CT molecular complexity index is 842. The molecule has 7 heteroatoms. The summed E-state index contributed by atoms with van der Waals surface area (Å²) in [5, 5.41) is 4.78. The van der Waals surface area contributed by atoms with Gasteiger partial charge in [0.15, 0.2) is 6.61 Å². The smallest absolute Gasteiger partial charge is 0.258 e. The van der Waals surface area contributed by atoms with E-state index < -0.39 is 0 Å². The van der Waals surface area contributed by atoms with E-state index in [9.17, 15) is 9.59 Å². The number of carbonyl (C=O) groups excluding carboxylic acids is 2. The fourth-order valence-electron chi connectivity index (χ4n) is 3.03. The third kappa shape index (κ3) is 5.92. The van der Waals surface area contributed by atoms with Crippen molar-refractivity contribution < 1.29 is 23.8 Å². The number of fused-ring (bicyclic) bond motifs is 1. The number of hydrogen-bond donors (Lipinski definition) is 1. The first-order chi connectivity index (χ1) is 14.1. The summed E-state index contributed by atoms with van der Waals surface area (Å²) in [6.07, 6.45) is 2.03. The van der Waals surface area contributed by atoms with E-state index in [-0.39, 0.29) is 24.5 Å². The minimum Gasteiger partial charge on any atom is -0.483 e. The fraction of sp³-hybridized carbons (Fsp3) is 0.455. The lowest BCUT2D eigenvalue weighted by molar-refractivity contribution is -0.123. The normalized spacial score (nSPS) is 13.3. The Morgan fingerprint density at radius 3 is 2.24 bits per heavy atom. The zero-order valence-electron chi connectivity index (χ0n) is 17.0. The van der Waals surface area contributed by atoms with Gasteiger partial charge < -0.3 is 24.4 Å². The topological polar surface area (TPSA) is 77.1 Å². The molecule has 0 radical (unpaired) electrons. The summed E-state index contributed by atoms with van der Waals surface area (Å²) in [4.78, 5) is 27.0. The Morgan fingerprint density at radius 2 is 1.66 bits per heavy atom. The van der Waals surface area contributed by atoms with Crippen molar-refractivity contribution >= 4 is 22.6 Å². The third-order valence-corrected chi connectivity index (χ3v) is 4.80. The molecule has 0 aromatic heterocycles. The maximum atomic E-state index is 13.3. The number of benzene rings is 2. The molecule has 7 nitrogen and oxygen atoms in total. The molecular formula is C22H28N2O5. The molecule has 29 heavy (non-hydrogen) atoms. The van der Waals surface area contributed by atoms with Gasteiger partial charge in [-0.05, 0) is 35.7 Å². The molecule has 0 atom stereocenters. The van der Waals surface area contributed by atoms with Crippen LogP contribution >= 0.6 is 0 Å². The van der Waals surface area contributed by atoms with E-state index in [1.54, 1.807) is 19.1 Å². The van der Waals surface area contributed by atoms with Gasteiger partial charge in [-0.3, -0.25) is 9.59 Å². The van der Waals surface area contributed by atoms with Crippen molar-refractivity contribution in [2.45, 2.75) is 18.9 Å². The fourth-order valence-corrected chi connectivity index (χ4v) is 3.03. The molecule has 1 aliphatic rings. The van der Waals surface area contributed by atoms with E-state index in [2.05, 4.69) is 5.32 Å². The van der Waals surface area contributed by atoms with Crippen molar-refractivity contribution in [1.29, 1.82) is 0 Å². The van der Waals surface area contributed by atoms with E-state index in [1.807, 2.05) is 36.4 Å². The molecule has 3 rings (SSSR count). The van der Waals surface area contributed by atoms with Crippen LogP contribution in [-0.4, -0.2) is 69.9 Å². The predicted molar refractivity (Wildman–Crippen MR) is 110 cm³/mol. The molecule has 0 unspecified atom stereocenters. The van der Waals surface area contributed by atoms with Gasteiger partial charge in [0.1, 0.15) is 5.75 Å². The summed E-state index contributed by atoms with van der Waals surface area (Å²) in [6.45, 7) is 1.59. The molecule has 0 bridgehead atoms. The zero-order chi connectivity index (χ0) is 20.6. The van der Waals surface area contributed by atoms with Gasteiger partial charge in [0.05, 0.1) is 18.8 Å². The van der Waals surface area contributed by atoms with E-state index in [4.69, 9.17) is 14.2 Å². The number of carbonyl (C=O) groups is 2. The van der Waals surface area contributed by atoms with Crippen molar-refractivity contribution in [2.75, 3.05) is 47.1 Å². The Hall–Kier alpha value is -2.64. The molecule has 0 aliphatic heterocycles. The van der Waals surface area contributed by atoms with Crippen LogP contribution in [0.2, 0.25) is 0 Å². The average molecular weight is 400 g/mol. The van der Waals surface area contributed by atoms with Gasteiger partial charge in [-0.25, -0.2) is 0 Å². The largest absolute Gasteiger partial charge is 0.483 e. The molecule has 2 amide bonds. The standard InChI is InChI=1S/C22H28N2O5/c1-27-11-9-24(10-12-28-2)22(26)19-13-16-5-3-4-6-17(16)14-20(19)29-15-21(25)23-18-7-8-18/h3-6,13-14,18H,7-12,15H2,1-2H3,(H,23,25). The highest BCUT2D eigenvalue weighted by molar-refractivity contribution is 6.01. The molecule has 0 spiro atoms. The van der Waals surface area contributed by atoms with Gasteiger partial charge in [-0.15, -0.1) is 0 Å². The molecule has 2 aromatic rings. The van der Waals surface area contributed by atoms with Gasteiger partial charge in [0.2, 0.25) is 0 Å². The van der Waals surface area contributed by atoms with Gasteiger partial charge in [0, 0.05) is 33.4 Å². The Labute approximate surface area is 170 Å². The van der Waals surface area contributed by atoms with E-state index >= 15 is 0 Å².